The minimum atomic E-state index is -0.298. The zero-order chi connectivity index (χ0) is 15.2. The van der Waals surface area contributed by atoms with Gasteiger partial charge in [0.1, 0.15) is 5.82 Å². The highest BCUT2D eigenvalue weighted by atomic mass is 79.9. The van der Waals surface area contributed by atoms with Gasteiger partial charge in [-0.05, 0) is 48.4 Å². The van der Waals surface area contributed by atoms with E-state index in [2.05, 4.69) is 26.5 Å². The minimum Gasteiger partial charge on any atom is -0.267 e. The Balaban J connectivity index is 2.12. The normalized spacial score (nSPS) is 11.3. The summed E-state index contributed by atoms with van der Waals surface area (Å²) in [7, 11) is 0. The zero-order valence-electron chi connectivity index (χ0n) is 11.4. The van der Waals surface area contributed by atoms with E-state index < -0.39 is 0 Å². The Morgan fingerprint density at radius 1 is 1.10 bits per heavy atom. The molecule has 108 valence electrons. The Morgan fingerprint density at radius 2 is 1.67 bits per heavy atom. The van der Waals surface area contributed by atoms with Crippen molar-refractivity contribution in [1.29, 1.82) is 0 Å². The Labute approximate surface area is 131 Å². The number of carbonyl (C=O) groups excluding carboxylic acids is 1. The monoisotopic (exact) mass is 348 g/mol. The van der Waals surface area contributed by atoms with Crippen molar-refractivity contribution in [2.75, 3.05) is 0 Å². The second-order valence-corrected chi connectivity index (χ2v) is 5.28. The lowest BCUT2D eigenvalue weighted by molar-refractivity contribution is 0.0955. The number of hydrogen-bond donors (Lipinski definition) is 1. The molecule has 0 aliphatic rings. The molecule has 2 aromatic carbocycles. The molecular weight excluding hydrogens is 335 g/mol. The third kappa shape index (κ3) is 4.23. The van der Waals surface area contributed by atoms with Crippen LogP contribution in [0.25, 0.3) is 0 Å². The number of rotatable bonds is 4. The molecule has 0 heterocycles. The van der Waals surface area contributed by atoms with Gasteiger partial charge >= 0.3 is 0 Å². The number of hydrazone groups is 1. The lowest BCUT2D eigenvalue weighted by Crippen LogP contribution is -2.19. The quantitative estimate of drug-likeness (QED) is 0.654. The van der Waals surface area contributed by atoms with Gasteiger partial charge in [0.2, 0.25) is 0 Å². The largest absolute Gasteiger partial charge is 0.271 e. The molecule has 2 rings (SSSR count). The maximum atomic E-state index is 12.9. The van der Waals surface area contributed by atoms with E-state index in [-0.39, 0.29) is 11.7 Å². The summed E-state index contributed by atoms with van der Waals surface area (Å²) in [6.45, 7) is 1.92. The molecule has 0 saturated heterocycles. The number of benzene rings is 2. The molecule has 0 fully saturated rings. The average Bonchev–Trinajstić information content (AvgIpc) is 2.50. The molecule has 0 aromatic heterocycles. The molecule has 0 saturated carbocycles. The molecule has 1 amide bonds. The van der Waals surface area contributed by atoms with Crippen LogP contribution in [0.5, 0.6) is 0 Å². The summed E-state index contributed by atoms with van der Waals surface area (Å²) < 4.78 is 13.8. The molecule has 21 heavy (non-hydrogen) atoms. The van der Waals surface area contributed by atoms with Crippen LogP contribution < -0.4 is 5.43 Å². The van der Waals surface area contributed by atoms with Gasteiger partial charge < -0.3 is 0 Å². The van der Waals surface area contributed by atoms with Gasteiger partial charge in [0.25, 0.3) is 5.91 Å². The van der Waals surface area contributed by atoms with Gasteiger partial charge in [-0.15, -0.1) is 0 Å². The number of hydrogen-bond acceptors (Lipinski definition) is 2. The summed E-state index contributed by atoms with van der Waals surface area (Å²) in [4.78, 5) is 12.0. The summed E-state index contributed by atoms with van der Waals surface area (Å²) in [5.41, 5.74) is 4.53. The number of nitrogens with one attached hydrogen (secondary N) is 1. The van der Waals surface area contributed by atoms with Crippen LogP contribution in [-0.2, 0) is 0 Å². The van der Waals surface area contributed by atoms with E-state index >= 15 is 0 Å². The molecule has 3 nitrogen and oxygen atoms in total. The third-order valence-corrected chi connectivity index (χ3v) is 3.44. The van der Waals surface area contributed by atoms with E-state index in [1.54, 1.807) is 36.4 Å². The van der Waals surface area contributed by atoms with Crippen LogP contribution in [0.4, 0.5) is 4.39 Å². The maximum Gasteiger partial charge on any atom is 0.271 e. The van der Waals surface area contributed by atoms with Crippen LogP contribution >= 0.6 is 15.9 Å². The van der Waals surface area contributed by atoms with Crippen molar-refractivity contribution in [3.63, 3.8) is 0 Å². The van der Waals surface area contributed by atoms with Crippen LogP contribution in [-0.4, -0.2) is 11.6 Å². The molecule has 1 N–H and O–H groups in total. The first kappa shape index (κ1) is 15.4. The number of nitrogens with zero attached hydrogens (tertiary/aromatic N) is 1. The topological polar surface area (TPSA) is 41.5 Å². The van der Waals surface area contributed by atoms with E-state index in [9.17, 15) is 9.18 Å². The fourth-order valence-corrected chi connectivity index (χ4v) is 2.04. The van der Waals surface area contributed by atoms with Gasteiger partial charge in [-0.25, -0.2) is 9.82 Å². The van der Waals surface area contributed by atoms with Gasteiger partial charge in [-0.1, -0.05) is 35.0 Å². The van der Waals surface area contributed by atoms with Crippen LogP contribution in [0.15, 0.2) is 58.1 Å². The minimum absolute atomic E-state index is 0.282. The first-order valence-corrected chi connectivity index (χ1v) is 7.28. The highest BCUT2D eigenvalue weighted by Crippen LogP contribution is 2.11. The standard InChI is InChI=1S/C16H14BrFN2O/c1-2-15(11-5-9-14(18)10-6-11)19-20-16(21)12-3-7-13(17)8-4-12/h3-10H,2H2,1H3,(H,20,21)/b19-15+. The van der Waals surface area contributed by atoms with E-state index in [1.165, 1.54) is 12.1 Å². The van der Waals surface area contributed by atoms with Gasteiger partial charge in [-0.2, -0.15) is 5.10 Å². The van der Waals surface area contributed by atoms with E-state index in [1.807, 2.05) is 6.92 Å². The van der Waals surface area contributed by atoms with Crippen molar-refractivity contribution >= 4 is 27.5 Å². The zero-order valence-corrected chi connectivity index (χ0v) is 13.0. The predicted octanol–water partition coefficient (Wildman–Crippen LogP) is 4.13. The maximum absolute atomic E-state index is 12.9. The Morgan fingerprint density at radius 3 is 2.24 bits per heavy atom. The summed E-state index contributed by atoms with van der Waals surface area (Å²) in [6.07, 6.45) is 0.631. The number of halogens is 2. The first-order chi connectivity index (χ1) is 10.1. The molecule has 0 atom stereocenters. The number of amides is 1. The van der Waals surface area contributed by atoms with Gasteiger partial charge in [0, 0.05) is 10.0 Å². The van der Waals surface area contributed by atoms with E-state index in [0.717, 1.165) is 10.0 Å². The highest BCUT2D eigenvalue weighted by molar-refractivity contribution is 9.10. The fraction of sp³-hybridized carbons (Fsp3) is 0.125. The molecule has 0 bridgehead atoms. The molecule has 0 aliphatic heterocycles. The molecule has 0 radical (unpaired) electrons. The Hall–Kier alpha value is -2.01. The predicted molar refractivity (Wildman–Crippen MR) is 84.8 cm³/mol. The molecular formula is C16H14BrFN2O. The smallest absolute Gasteiger partial charge is 0.267 e. The van der Waals surface area contributed by atoms with Crippen LogP contribution in [0.3, 0.4) is 0 Å². The lowest BCUT2D eigenvalue weighted by atomic mass is 10.1. The molecule has 2 aromatic rings. The highest BCUT2D eigenvalue weighted by Gasteiger charge is 2.06. The number of carbonyl (C=O) groups is 1. The van der Waals surface area contributed by atoms with Crippen LogP contribution in [0.1, 0.15) is 29.3 Å². The van der Waals surface area contributed by atoms with Crippen LogP contribution in [0.2, 0.25) is 0 Å². The first-order valence-electron chi connectivity index (χ1n) is 6.48. The van der Waals surface area contributed by atoms with E-state index in [4.69, 9.17) is 0 Å². The summed E-state index contributed by atoms with van der Waals surface area (Å²) in [5.74, 6) is -0.580. The van der Waals surface area contributed by atoms with Crippen molar-refractivity contribution in [3.05, 3.63) is 69.9 Å². The summed E-state index contributed by atoms with van der Waals surface area (Å²) in [6, 6.07) is 13.0. The molecule has 0 spiro atoms. The fourth-order valence-electron chi connectivity index (χ4n) is 1.77. The SMILES string of the molecule is CC/C(=N\NC(=O)c1ccc(Br)cc1)c1ccc(F)cc1. The third-order valence-electron chi connectivity index (χ3n) is 2.91. The molecule has 5 heteroatoms. The Kier molecular flexibility index (Phi) is 5.22. The van der Waals surface area contributed by atoms with Crippen molar-refractivity contribution in [1.82, 2.24) is 5.43 Å². The van der Waals surface area contributed by atoms with Gasteiger partial charge in [-0.3, -0.25) is 4.79 Å². The lowest BCUT2D eigenvalue weighted by Gasteiger charge is -2.05. The molecule has 0 unspecified atom stereocenters. The van der Waals surface area contributed by atoms with Crippen molar-refractivity contribution in [3.8, 4) is 0 Å². The Bertz CT molecular complexity index is 651. The molecule has 0 aliphatic carbocycles. The summed E-state index contributed by atoms with van der Waals surface area (Å²) in [5, 5.41) is 4.12. The van der Waals surface area contributed by atoms with Crippen molar-refractivity contribution in [2.45, 2.75) is 13.3 Å². The van der Waals surface area contributed by atoms with Gasteiger partial charge in [0.15, 0.2) is 0 Å². The van der Waals surface area contributed by atoms with E-state index in [0.29, 0.717) is 17.7 Å². The van der Waals surface area contributed by atoms with Crippen molar-refractivity contribution < 1.29 is 9.18 Å². The van der Waals surface area contributed by atoms with Crippen LogP contribution in [0, 0.1) is 5.82 Å². The van der Waals surface area contributed by atoms with Gasteiger partial charge in [0.05, 0.1) is 5.71 Å². The second kappa shape index (κ2) is 7.13. The van der Waals surface area contributed by atoms with Crippen molar-refractivity contribution in [2.24, 2.45) is 5.10 Å². The average molecular weight is 349 g/mol. The summed E-state index contributed by atoms with van der Waals surface area (Å²) >= 11 is 3.31. The second-order valence-electron chi connectivity index (χ2n) is 4.37.